The van der Waals surface area contributed by atoms with Crippen molar-refractivity contribution in [3.05, 3.63) is 60.8 Å². The molecule has 0 aliphatic carbocycles. The molecule has 0 aromatic carbocycles. The molecule has 0 heterocycles. The summed E-state index contributed by atoms with van der Waals surface area (Å²) in [5.41, 5.74) is 0. The van der Waals surface area contributed by atoms with E-state index in [-0.39, 0.29) is 32.0 Å². The number of nitrogens with zero attached hydrogens (tertiary/aromatic N) is 1. The van der Waals surface area contributed by atoms with E-state index in [1.54, 1.807) is 0 Å². The molecular weight excluding hydrogens is 665 g/mol. The second-order valence-corrected chi connectivity index (χ2v) is 15.5. The summed E-state index contributed by atoms with van der Waals surface area (Å²) >= 11 is 0. The number of hydrogen-bond acceptors (Lipinski definition) is 7. The van der Waals surface area contributed by atoms with Crippen molar-refractivity contribution in [3.63, 3.8) is 0 Å². The highest BCUT2D eigenvalue weighted by Crippen LogP contribution is 2.43. The molecule has 0 bridgehead atoms. The third kappa shape index (κ3) is 37.3. The van der Waals surface area contributed by atoms with Gasteiger partial charge in [-0.25, -0.2) is 4.57 Å². The summed E-state index contributed by atoms with van der Waals surface area (Å²) in [6.07, 6.45) is 38.4. The predicted octanol–water partition coefficient (Wildman–Crippen LogP) is 10.5. The van der Waals surface area contributed by atoms with Gasteiger partial charge in [-0.15, -0.1) is 0 Å². The lowest BCUT2D eigenvalue weighted by Gasteiger charge is -2.24. The van der Waals surface area contributed by atoms with Crippen LogP contribution in [0.3, 0.4) is 0 Å². The summed E-state index contributed by atoms with van der Waals surface area (Å²) in [6, 6.07) is 0. The number of esters is 2. The number of allylic oxidation sites excluding steroid dienone is 10. The summed E-state index contributed by atoms with van der Waals surface area (Å²) in [5.74, 6) is -0.844. The minimum absolute atomic E-state index is 0.0224. The minimum atomic E-state index is -4.38. The number of quaternary nitrogens is 1. The first-order chi connectivity index (χ1) is 24.5. The maximum Gasteiger partial charge on any atom is 0.472 e. The third-order valence-corrected chi connectivity index (χ3v) is 8.86. The Balaban J connectivity index is 4.51. The molecule has 1 N–H and O–H groups in total. The quantitative estimate of drug-likeness (QED) is 0.0174. The molecule has 0 aliphatic rings. The average Bonchev–Trinajstić information content (AvgIpc) is 3.07. The second kappa shape index (κ2) is 33.5. The molecule has 2 atom stereocenters. The number of likely N-dealkylation sites (N-methyl/N-ethyl adjacent to an activating group) is 1. The van der Waals surface area contributed by atoms with Gasteiger partial charge in [0.1, 0.15) is 19.8 Å². The maximum atomic E-state index is 12.6. The van der Waals surface area contributed by atoms with Crippen molar-refractivity contribution in [3.8, 4) is 0 Å². The number of carbonyl (C=O) groups excluding carboxylic acids is 2. The van der Waals surface area contributed by atoms with Gasteiger partial charge < -0.3 is 18.9 Å². The maximum absolute atomic E-state index is 12.6. The van der Waals surface area contributed by atoms with Gasteiger partial charge in [0.25, 0.3) is 0 Å². The highest BCUT2D eigenvalue weighted by atomic mass is 31.2. The molecule has 0 saturated heterocycles. The van der Waals surface area contributed by atoms with Crippen molar-refractivity contribution >= 4 is 19.8 Å². The molecule has 10 heteroatoms. The fourth-order valence-electron chi connectivity index (χ4n) is 4.78. The number of phosphoric acid groups is 1. The van der Waals surface area contributed by atoms with E-state index in [2.05, 4.69) is 44.2 Å². The molecule has 9 nitrogen and oxygen atoms in total. The molecule has 0 aliphatic heterocycles. The summed E-state index contributed by atoms with van der Waals surface area (Å²) in [6.45, 7) is 4.19. The third-order valence-electron chi connectivity index (χ3n) is 7.88. The van der Waals surface area contributed by atoms with Crippen molar-refractivity contribution in [1.29, 1.82) is 0 Å². The first-order valence-electron chi connectivity index (χ1n) is 19.6. The van der Waals surface area contributed by atoms with E-state index >= 15 is 0 Å². The molecule has 51 heavy (non-hydrogen) atoms. The largest absolute Gasteiger partial charge is 0.472 e. The van der Waals surface area contributed by atoms with E-state index in [1.807, 2.05) is 51.5 Å². The zero-order valence-electron chi connectivity index (χ0n) is 32.8. The molecule has 0 fully saturated rings. The number of hydrogen-bond donors (Lipinski definition) is 1. The number of unbranched alkanes of at least 4 members (excludes halogenated alkanes) is 13. The van der Waals surface area contributed by atoms with Crippen LogP contribution >= 0.6 is 7.82 Å². The van der Waals surface area contributed by atoms with Crippen LogP contribution in [0.2, 0.25) is 0 Å². The summed E-state index contributed by atoms with van der Waals surface area (Å²) < 4.78 is 34.1. The fourth-order valence-corrected chi connectivity index (χ4v) is 5.52. The molecule has 0 aromatic heterocycles. The summed E-state index contributed by atoms with van der Waals surface area (Å²) in [7, 11) is 1.44. The van der Waals surface area contributed by atoms with E-state index in [4.69, 9.17) is 18.5 Å². The Labute approximate surface area is 311 Å². The van der Waals surface area contributed by atoms with Crippen LogP contribution in [-0.2, 0) is 32.7 Å². The van der Waals surface area contributed by atoms with E-state index < -0.39 is 26.5 Å². The van der Waals surface area contributed by atoms with Crippen molar-refractivity contribution in [2.75, 3.05) is 47.5 Å². The zero-order valence-corrected chi connectivity index (χ0v) is 33.7. The molecule has 1 unspecified atom stereocenters. The van der Waals surface area contributed by atoms with Gasteiger partial charge in [-0.05, 0) is 57.8 Å². The highest BCUT2D eigenvalue weighted by Gasteiger charge is 2.27. The van der Waals surface area contributed by atoms with Gasteiger partial charge in [-0.3, -0.25) is 18.6 Å². The lowest BCUT2D eigenvalue weighted by Crippen LogP contribution is -2.37. The monoisotopic (exact) mass is 739 g/mol. The molecule has 294 valence electrons. The van der Waals surface area contributed by atoms with Crippen molar-refractivity contribution in [1.82, 2.24) is 0 Å². The van der Waals surface area contributed by atoms with Gasteiger partial charge in [-0.2, -0.15) is 0 Å². The van der Waals surface area contributed by atoms with Gasteiger partial charge in [0, 0.05) is 12.8 Å². The van der Waals surface area contributed by atoms with Crippen molar-refractivity contribution < 1.29 is 42.1 Å². The molecule has 0 spiro atoms. The number of rotatable bonds is 34. The standard InChI is InChI=1S/C41H72NO8P/c1-6-8-10-12-14-16-18-20-21-22-24-26-28-30-32-34-41(44)50-39(38-49-51(45,46)48-36-35-42(3,4)5)37-47-40(43)33-31-29-27-25-23-19-17-15-13-11-9-7-2/h8,10,12,14-18,20-21,39H,6-7,9,11,13,19,22-38H2,1-5H3/p+1/b10-8+,14-12+,17-15+,18-16+,21-20+/t39-/m1/s1. The molecule has 0 saturated carbocycles. The van der Waals surface area contributed by atoms with Gasteiger partial charge in [0.15, 0.2) is 6.10 Å². The average molecular weight is 739 g/mol. The van der Waals surface area contributed by atoms with Crippen LogP contribution in [0.4, 0.5) is 0 Å². The zero-order chi connectivity index (χ0) is 37.9. The Morgan fingerprint density at radius 2 is 1.14 bits per heavy atom. The van der Waals surface area contributed by atoms with Crippen LogP contribution in [0, 0.1) is 0 Å². The van der Waals surface area contributed by atoms with Crippen LogP contribution in [0.1, 0.15) is 136 Å². The number of phosphoric ester groups is 1. The first kappa shape index (κ1) is 48.7. The van der Waals surface area contributed by atoms with Gasteiger partial charge in [0.05, 0.1) is 27.7 Å². The Morgan fingerprint density at radius 3 is 1.73 bits per heavy atom. The van der Waals surface area contributed by atoms with Crippen LogP contribution in [0.15, 0.2) is 60.8 Å². The number of ether oxygens (including phenoxy) is 2. The predicted molar refractivity (Wildman–Crippen MR) is 210 cm³/mol. The lowest BCUT2D eigenvalue weighted by molar-refractivity contribution is -0.870. The molecule has 0 amide bonds. The Morgan fingerprint density at radius 1 is 0.627 bits per heavy atom. The second-order valence-electron chi connectivity index (χ2n) is 14.0. The summed E-state index contributed by atoms with van der Waals surface area (Å²) in [4.78, 5) is 35.2. The van der Waals surface area contributed by atoms with Crippen molar-refractivity contribution in [2.45, 2.75) is 142 Å². The minimum Gasteiger partial charge on any atom is -0.462 e. The van der Waals surface area contributed by atoms with Gasteiger partial charge in [-0.1, -0.05) is 126 Å². The van der Waals surface area contributed by atoms with E-state index in [0.29, 0.717) is 17.4 Å². The van der Waals surface area contributed by atoms with Crippen LogP contribution in [-0.4, -0.2) is 74.9 Å². The fraction of sp³-hybridized carbons (Fsp3) is 0.707. The highest BCUT2D eigenvalue weighted by molar-refractivity contribution is 7.47. The van der Waals surface area contributed by atoms with Crippen LogP contribution < -0.4 is 0 Å². The van der Waals surface area contributed by atoms with Crippen LogP contribution in [0.5, 0.6) is 0 Å². The molecule has 0 rings (SSSR count). The molecule has 0 radical (unpaired) electrons. The van der Waals surface area contributed by atoms with E-state index in [9.17, 15) is 19.0 Å². The van der Waals surface area contributed by atoms with Crippen molar-refractivity contribution in [2.24, 2.45) is 0 Å². The molecular formula is C41H73NO8P+. The van der Waals surface area contributed by atoms with Gasteiger partial charge >= 0.3 is 19.8 Å². The topological polar surface area (TPSA) is 108 Å². The number of carbonyl (C=O) groups is 2. The normalized spacial score (nSPS) is 14.4. The Bertz CT molecular complexity index is 1060. The molecule has 0 aromatic rings. The summed E-state index contributed by atoms with van der Waals surface area (Å²) in [5, 5.41) is 0. The smallest absolute Gasteiger partial charge is 0.462 e. The van der Waals surface area contributed by atoms with E-state index in [1.165, 1.54) is 25.7 Å². The Kier molecular flexibility index (Phi) is 32.0. The van der Waals surface area contributed by atoms with Gasteiger partial charge in [0.2, 0.25) is 0 Å². The SMILES string of the molecule is CC/C=C/C=C/C=C/C=C/CCCCCCCC(=O)O[C@H](COC(=O)CCCCCCC/C=C/CCCCC)COP(=O)(O)OCC[N+](C)(C)C. The first-order valence-corrected chi connectivity index (χ1v) is 21.1. The Hall–Kier alpha value is -2.29. The van der Waals surface area contributed by atoms with Crippen LogP contribution in [0.25, 0.3) is 0 Å². The lowest BCUT2D eigenvalue weighted by atomic mass is 10.1. The van der Waals surface area contributed by atoms with E-state index in [0.717, 1.165) is 77.0 Å².